The van der Waals surface area contributed by atoms with Crippen LogP contribution in [-0.4, -0.2) is 21.6 Å². The van der Waals surface area contributed by atoms with E-state index >= 15 is 0 Å². The maximum absolute atomic E-state index is 13.4. The van der Waals surface area contributed by atoms with Gasteiger partial charge in [0, 0.05) is 24.5 Å². The molecule has 2 N–H and O–H groups in total. The third-order valence-electron chi connectivity index (χ3n) is 2.57. The topological polar surface area (TPSA) is 49.8 Å². The van der Waals surface area contributed by atoms with Crippen LogP contribution in [0.1, 0.15) is 5.56 Å². The van der Waals surface area contributed by atoms with E-state index < -0.39 is 11.6 Å². The summed E-state index contributed by atoms with van der Waals surface area (Å²) >= 11 is 8.27. The smallest absolute Gasteiger partial charge is 0.228 e. The Morgan fingerprint density at radius 1 is 1.19 bits per heavy atom. The molecule has 110 valence electrons. The van der Waals surface area contributed by atoms with E-state index in [2.05, 4.69) is 36.5 Å². The average Bonchev–Trinajstić information content (AvgIpc) is 2.45. The van der Waals surface area contributed by atoms with Gasteiger partial charge in [-0.3, -0.25) is 0 Å². The predicted molar refractivity (Wildman–Crippen MR) is 84.0 cm³/mol. The molecule has 1 heterocycles. The fraction of sp³-hybridized carbons (Fsp3) is 0.154. The highest BCUT2D eigenvalue weighted by atomic mass is 79.9. The minimum absolute atomic E-state index is 0.0349. The first-order valence-corrected chi connectivity index (χ1v) is 7.21. The van der Waals surface area contributed by atoms with Gasteiger partial charge in [0.05, 0.1) is 4.47 Å². The van der Waals surface area contributed by atoms with Crippen LogP contribution in [0.25, 0.3) is 0 Å². The zero-order valence-corrected chi connectivity index (χ0v) is 13.1. The van der Waals surface area contributed by atoms with Crippen molar-refractivity contribution in [3.05, 3.63) is 52.3 Å². The summed E-state index contributed by atoms with van der Waals surface area (Å²) in [5.74, 6) is -0.786. The van der Waals surface area contributed by atoms with Crippen molar-refractivity contribution < 1.29 is 8.78 Å². The van der Waals surface area contributed by atoms with E-state index in [0.29, 0.717) is 12.5 Å². The highest BCUT2D eigenvalue weighted by molar-refractivity contribution is 9.10. The van der Waals surface area contributed by atoms with E-state index in [1.807, 2.05) is 0 Å². The molecule has 8 heteroatoms. The molecule has 0 bridgehead atoms. The lowest BCUT2D eigenvalue weighted by Crippen LogP contribution is -2.31. The summed E-state index contributed by atoms with van der Waals surface area (Å²) in [5.41, 5.74) is 0.0349. The van der Waals surface area contributed by atoms with Gasteiger partial charge < -0.3 is 10.6 Å². The number of rotatable bonds is 4. The van der Waals surface area contributed by atoms with Gasteiger partial charge in [-0.25, -0.2) is 18.7 Å². The van der Waals surface area contributed by atoms with Crippen LogP contribution in [0.3, 0.4) is 0 Å². The first-order valence-electron chi connectivity index (χ1n) is 6.01. The van der Waals surface area contributed by atoms with Crippen LogP contribution < -0.4 is 10.6 Å². The molecule has 2 rings (SSSR count). The fourth-order valence-corrected chi connectivity index (χ4v) is 1.99. The molecule has 0 unspecified atom stereocenters. The van der Waals surface area contributed by atoms with Gasteiger partial charge in [-0.1, -0.05) is 6.07 Å². The van der Waals surface area contributed by atoms with Crippen LogP contribution in [-0.2, 0) is 6.42 Å². The van der Waals surface area contributed by atoms with E-state index in [0.717, 1.165) is 4.47 Å². The van der Waals surface area contributed by atoms with Gasteiger partial charge in [0.1, 0.15) is 11.6 Å². The summed E-state index contributed by atoms with van der Waals surface area (Å²) in [5, 5.41) is 5.90. The normalized spacial score (nSPS) is 10.2. The largest absolute Gasteiger partial charge is 0.362 e. The summed E-state index contributed by atoms with van der Waals surface area (Å²) in [4.78, 5) is 7.99. The number of thiocarbonyl (C=S) groups is 1. The lowest BCUT2D eigenvalue weighted by molar-refractivity contribution is 0.553. The van der Waals surface area contributed by atoms with Crippen LogP contribution >= 0.6 is 28.1 Å². The van der Waals surface area contributed by atoms with Crippen LogP contribution in [0, 0.1) is 11.6 Å². The molecule has 0 spiro atoms. The lowest BCUT2D eigenvalue weighted by Gasteiger charge is -2.10. The van der Waals surface area contributed by atoms with E-state index in [1.165, 1.54) is 18.2 Å². The fourth-order valence-electron chi connectivity index (χ4n) is 1.59. The Morgan fingerprint density at radius 3 is 2.43 bits per heavy atom. The number of hydrogen-bond donors (Lipinski definition) is 2. The number of nitrogens with one attached hydrogen (secondary N) is 2. The SMILES string of the molecule is Fc1cccc(F)c1CCNC(=S)Nc1ncc(Br)cn1. The molecule has 0 radical (unpaired) electrons. The highest BCUT2D eigenvalue weighted by Crippen LogP contribution is 2.12. The third-order valence-corrected chi connectivity index (χ3v) is 3.22. The van der Waals surface area contributed by atoms with E-state index in [9.17, 15) is 8.78 Å². The molecule has 0 aliphatic rings. The molecule has 1 aromatic carbocycles. The van der Waals surface area contributed by atoms with Crippen molar-refractivity contribution >= 4 is 39.2 Å². The Bertz CT molecular complexity index is 616. The Balaban J connectivity index is 1.83. The molecule has 0 atom stereocenters. The second-order valence-corrected chi connectivity index (χ2v) is 5.38. The van der Waals surface area contributed by atoms with Crippen LogP contribution in [0.4, 0.5) is 14.7 Å². The predicted octanol–water partition coefficient (Wildman–Crippen LogP) is 3.05. The first kappa shape index (κ1) is 15.7. The van der Waals surface area contributed by atoms with Gasteiger partial charge in [0.25, 0.3) is 0 Å². The second-order valence-electron chi connectivity index (χ2n) is 4.06. The molecule has 2 aromatic rings. The molecule has 4 nitrogen and oxygen atoms in total. The zero-order valence-electron chi connectivity index (χ0n) is 10.7. The number of aromatic nitrogens is 2. The number of nitrogens with zero attached hydrogens (tertiary/aromatic N) is 2. The molecule has 0 saturated carbocycles. The molecule has 0 fully saturated rings. The van der Waals surface area contributed by atoms with Gasteiger partial charge in [0.2, 0.25) is 5.95 Å². The summed E-state index contributed by atoms with van der Waals surface area (Å²) in [6.45, 7) is 0.292. The van der Waals surface area contributed by atoms with Crippen LogP contribution in [0.15, 0.2) is 35.1 Å². The molecule has 21 heavy (non-hydrogen) atoms. The van der Waals surface area contributed by atoms with Crippen molar-refractivity contribution in [2.45, 2.75) is 6.42 Å². The summed E-state index contributed by atoms with van der Waals surface area (Å²) in [6.07, 6.45) is 3.33. The van der Waals surface area contributed by atoms with Crippen LogP contribution in [0.5, 0.6) is 0 Å². The standard InChI is InChI=1S/C13H11BrF2N4S/c14-8-6-18-12(19-7-8)20-13(21)17-5-4-9-10(15)2-1-3-11(9)16/h1-3,6-7H,4-5H2,(H2,17,18,19,20,21). The second kappa shape index (κ2) is 7.37. The van der Waals surface area contributed by atoms with Crippen LogP contribution in [0.2, 0.25) is 0 Å². The van der Waals surface area contributed by atoms with E-state index in [1.54, 1.807) is 12.4 Å². The molecule has 0 aliphatic carbocycles. The third kappa shape index (κ3) is 4.68. The minimum atomic E-state index is -0.563. The van der Waals surface area contributed by atoms with Crippen molar-refractivity contribution in [2.24, 2.45) is 0 Å². The molecule has 0 aliphatic heterocycles. The van der Waals surface area contributed by atoms with Crippen molar-refractivity contribution in [1.29, 1.82) is 0 Å². The maximum atomic E-state index is 13.4. The Kier molecular flexibility index (Phi) is 5.51. The highest BCUT2D eigenvalue weighted by Gasteiger charge is 2.08. The number of hydrogen-bond acceptors (Lipinski definition) is 3. The number of anilines is 1. The molecular weight excluding hydrogens is 362 g/mol. The van der Waals surface area contributed by atoms with Crippen molar-refractivity contribution in [1.82, 2.24) is 15.3 Å². The number of benzene rings is 1. The monoisotopic (exact) mass is 372 g/mol. The Morgan fingerprint density at radius 2 is 1.81 bits per heavy atom. The van der Waals surface area contributed by atoms with Gasteiger partial charge in [-0.2, -0.15) is 0 Å². The molecule has 0 saturated heterocycles. The lowest BCUT2D eigenvalue weighted by atomic mass is 10.1. The first-order chi connectivity index (χ1) is 10.1. The van der Waals surface area contributed by atoms with Gasteiger partial charge in [-0.15, -0.1) is 0 Å². The van der Waals surface area contributed by atoms with Crippen molar-refractivity contribution in [2.75, 3.05) is 11.9 Å². The zero-order chi connectivity index (χ0) is 15.2. The van der Waals surface area contributed by atoms with E-state index in [4.69, 9.17) is 12.2 Å². The molecular formula is C13H11BrF2N4S. The van der Waals surface area contributed by atoms with Gasteiger partial charge in [0.15, 0.2) is 5.11 Å². The Hall–Kier alpha value is -1.67. The summed E-state index contributed by atoms with van der Waals surface area (Å²) in [6, 6.07) is 3.79. The van der Waals surface area contributed by atoms with Gasteiger partial charge >= 0.3 is 0 Å². The molecule has 1 aromatic heterocycles. The Labute approximate surface area is 134 Å². The summed E-state index contributed by atoms with van der Waals surface area (Å²) < 4.78 is 27.6. The molecule has 0 amide bonds. The quantitative estimate of drug-likeness (QED) is 0.807. The summed E-state index contributed by atoms with van der Waals surface area (Å²) in [7, 11) is 0. The average molecular weight is 373 g/mol. The van der Waals surface area contributed by atoms with Crippen molar-refractivity contribution in [3.63, 3.8) is 0 Å². The van der Waals surface area contributed by atoms with Crippen molar-refractivity contribution in [3.8, 4) is 0 Å². The number of halogens is 3. The van der Waals surface area contributed by atoms with E-state index in [-0.39, 0.29) is 17.1 Å². The minimum Gasteiger partial charge on any atom is -0.362 e. The van der Waals surface area contributed by atoms with Gasteiger partial charge in [-0.05, 0) is 46.7 Å². The maximum Gasteiger partial charge on any atom is 0.228 e.